The molecule has 1 unspecified atom stereocenters. The van der Waals surface area contributed by atoms with Gasteiger partial charge in [-0.3, -0.25) is 4.79 Å². The van der Waals surface area contributed by atoms with Gasteiger partial charge in [-0.2, -0.15) is 0 Å². The Morgan fingerprint density at radius 3 is 2.27 bits per heavy atom. The van der Waals surface area contributed by atoms with Crippen molar-refractivity contribution in [3.63, 3.8) is 0 Å². The third-order valence-corrected chi connectivity index (χ3v) is 4.37. The fourth-order valence-electron chi connectivity index (χ4n) is 2.46. The lowest BCUT2D eigenvalue weighted by Gasteiger charge is -2.21. The summed E-state index contributed by atoms with van der Waals surface area (Å²) in [4.78, 5) is 12.7. The molecule has 1 atom stereocenters. The van der Waals surface area contributed by atoms with Crippen LogP contribution < -0.4 is 5.32 Å². The molecule has 2 aromatic rings. The number of rotatable bonds is 4. The van der Waals surface area contributed by atoms with Gasteiger partial charge in [-0.25, -0.2) is 0 Å². The van der Waals surface area contributed by atoms with Gasteiger partial charge in [0.15, 0.2) is 0 Å². The van der Waals surface area contributed by atoms with Crippen LogP contribution in [0.5, 0.6) is 0 Å². The lowest BCUT2D eigenvalue weighted by molar-refractivity contribution is -0.118. The Balaban J connectivity index is 2.27. The number of carbonyl (C=O) groups is 1. The maximum atomic E-state index is 12.7. The number of hydrogen-bond donors (Lipinski definition) is 1. The van der Waals surface area contributed by atoms with E-state index in [1.165, 1.54) is 0 Å². The molecule has 2 nitrogen and oxygen atoms in total. The van der Waals surface area contributed by atoms with Gasteiger partial charge in [0.2, 0.25) is 5.91 Å². The number of nitrogens with one attached hydrogen (secondary N) is 1. The molecular formula is C18H19Cl2NO. The fourth-order valence-corrected chi connectivity index (χ4v) is 2.76. The molecule has 0 saturated heterocycles. The summed E-state index contributed by atoms with van der Waals surface area (Å²) >= 11 is 12.0. The van der Waals surface area contributed by atoms with E-state index in [0.717, 1.165) is 16.8 Å². The first-order chi connectivity index (χ1) is 10.4. The molecule has 0 aliphatic carbocycles. The molecule has 0 saturated carbocycles. The normalized spacial score (nSPS) is 12.3. The Bertz CT molecular complexity index is 665. The summed E-state index contributed by atoms with van der Waals surface area (Å²) in [6, 6.07) is 12.9. The summed E-state index contributed by atoms with van der Waals surface area (Å²) in [5.74, 6) is -0.112. The molecule has 0 aliphatic rings. The summed E-state index contributed by atoms with van der Waals surface area (Å²) in [5.41, 5.74) is 2.57. The van der Waals surface area contributed by atoms with Gasteiger partial charge in [0.05, 0.1) is 5.92 Å². The highest BCUT2D eigenvalue weighted by Gasteiger charge is 2.24. The maximum Gasteiger partial charge on any atom is 0.232 e. The molecule has 0 aliphatic heterocycles. The van der Waals surface area contributed by atoms with Crippen LogP contribution >= 0.6 is 23.2 Å². The number of carbonyl (C=O) groups excluding carboxylic acids is 1. The van der Waals surface area contributed by atoms with Crippen LogP contribution in [-0.4, -0.2) is 5.91 Å². The average Bonchev–Trinajstić information content (AvgIpc) is 2.46. The molecule has 0 bridgehead atoms. The maximum absolute atomic E-state index is 12.7. The summed E-state index contributed by atoms with van der Waals surface area (Å²) in [6.45, 7) is 5.96. The molecule has 4 heteroatoms. The van der Waals surface area contributed by atoms with Crippen LogP contribution in [-0.2, 0) is 4.79 Å². The van der Waals surface area contributed by atoms with Gasteiger partial charge in [-0.15, -0.1) is 0 Å². The minimum Gasteiger partial charge on any atom is -0.325 e. The van der Waals surface area contributed by atoms with Gasteiger partial charge in [0.25, 0.3) is 0 Å². The van der Waals surface area contributed by atoms with Gasteiger partial charge in [-0.05, 0) is 48.2 Å². The first-order valence-corrected chi connectivity index (χ1v) is 7.97. The standard InChI is InChI=1S/C18H19Cl2NO/c1-11(2)17(13-7-9-14(19)10-8-13)18(22)21-16-6-4-5-15(20)12(16)3/h4-11,17H,1-3H3,(H,21,22). The number of hydrogen-bond acceptors (Lipinski definition) is 1. The molecule has 1 amide bonds. The highest BCUT2D eigenvalue weighted by molar-refractivity contribution is 6.31. The molecule has 116 valence electrons. The summed E-state index contributed by atoms with van der Waals surface area (Å²) in [5, 5.41) is 4.30. The van der Waals surface area contributed by atoms with E-state index >= 15 is 0 Å². The quantitative estimate of drug-likeness (QED) is 0.764. The summed E-state index contributed by atoms with van der Waals surface area (Å²) in [7, 11) is 0. The second-order valence-electron chi connectivity index (χ2n) is 5.67. The molecule has 22 heavy (non-hydrogen) atoms. The SMILES string of the molecule is Cc1c(Cl)cccc1NC(=O)C(c1ccc(Cl)cc1)C(C)C. The van der Waals surface area contributed by atoms with Crippen LogP contribution in [0.2, 0.25) is 10.0 Å². The minimum absolute atomic E-state index is 0.0392. The van der Waals surface area contributed by atoms with Crippen molar-refractivity contribution in [3.05, 3.63) is 63.6 Å². The minimum atomic E-state index is -0.240. The molecule has 2 rings (SSSR count). The van der Waals surface area contributed by atoms with Crippen molar-refractivity contribution in [1.29, 1.82) is 0 Å². The number of benzene rings is 2. The van der Waals surface area contributed by atoms with Gasteiger partial charge >= 0.3 is 0 Å². The molecule has 0 spiro atoms. The van der Waals surface area contributed by atoms with Crippen LogP contribution in [0.3, 0.4) is 0 Å². The first kappa shape index (κ1) is 16.9. The first-order valence-electron chi connectivity index (χ1n) is 7.21. The Morgan fingerprint density at radius 2 is 1.68 bits per heavy atom. The predicted octanol–water partition coefficient (Wildman–Crippen LogP) is 5.68. The van der Waals surface area contributed by atoms with Crippen molar-refractivity contribution in [1.82, 2.24) is 0 Å². The summed E-state index contributed by atoms with van der Waals surface area (Å²) < 4.78 is 0. The highest BCUT2D eigenvalue weighted by Crippen LogP contribution is 2.29. The van der Waals surface area contributed by atoms with Crippen molar-refractivity contribution in [3.8, 4) is 0 Å². The number of anilines is 1. The molecule has 0 radical (unpaired) electrons. The Labute approximate surface area is 141 Å². The zero-order valence-electron chi connectivity index (χ0n) is 12.9. The summed E-state index contributed by atoms with van der Waals surface area (Å²) in [6.07, 6.45) is 0. The van der Waals surface area contributed by atoms with Crippen molar-refractivity contribution in [2.75, 3.05) is 5.32 Å². The van der Waals surface area contributed by atoms with Gasteiger partial charge < -0.3 is 5.32 Å². The topological polar surface area (TPSA) is 29.1 Å². The molecule has 0 fully saturated rings. The average molecular weight is 336 g/mol. The van der Waals surface area contributed by atoms with E-state index in [9.17, 15) is 4.79 Å². The largest absolute Gasteiger partial charge is 0.325 e. The highest BCUT2D eigenvalue weighted by atomic mass is 35.5. The van der Waals surface area contributed by atoms with E-state index in [0.29, 0.717) is 10.0 Å². The van der Waals surface area contributed by atoms with Crippen LogP contribution in [0.4, 0.5) is 5.69 Å². The van der Waals surface area contributed by atoms with E-state index < -0.39 is 0 Å². The molecular weight excluding hydrogens is 317 g/mol. The van der Waals surface area contributed by atoms with Crippen molar-refractivity contribution in [2.45, 2.75) is 26.7 Å². The zero-order chi connectivity index (χ0) is 16.3. The second kappa shape index (κ2) is 7.17. The van der Waals surface area contributed by atoms with E-state index in [2.05, 4.69) is 5.32 Å². The fraction of sp³-hybridized carbons (Fsp3) is 0.278. The van der Waals surface area contributed by atoms with Crippen LogP contribution in [0.25, 0.3) is 0 Å². The van der Waals surface area contributed by atoms with Crippen molar-refractivity contribution < 1.29 is 4.79 Å². The van der Waals surface area contributed by atoms with Crippen LogP contribution in [0, 0.1) is 12.8 Å². The van der Waals surface area contributed by atoms with E-state index in [-0.39, 0.29) is 17.7 Å². The van der Waals surface area contributed by atoms with Crippen LogP contribution in [0.15, 0.2) is 42.5 Å². The third-order valence-electron chi connectivity index (χ3n) is 3.70. The Morgan fingerprint density at radius 1 is 1.05 bits per heavy atom. The number of amides is 1. The lowest BCUT2D eigenvalue weighted by Crippen LogP contribution is -2.25. The lowest BCUT2D eigenvalue weighted by atomic mass is 9.87. The van der Waals surface area contributed by atoms with Gasteiger partial charge in [-0.1, -0.05) is 55.2 Å². The van der Waals surface area contributed by atoms with Gasteiger partial charge in [0.1, 0.15) is 0 Å². The zero-order valence-corrected chi connectivity index (χ0v) is 14.4. The Kier molecular flexibility index (Phi) is 5.49. The smallest absolute Gasteiger partial charge is 0.232 e. The molecule has 0 aromatic heterocycles. The second-order valence-corrected chi connectivity index (χ2v) is 6.52. The van der Waals surface area contributed by atoms with E-state index in [1.54, 1.807) is 0 Å². The molecule has 0 heterocycles. The van der Waals surface area contributed by atoms with E-state index in [4.69, 9.17) is 23.2 Å². The van der Waals surface area contributed by atoms with Gasteiger partial charge in [0, 0.05) is 15.7 Å². The monoisotopic (exact) mass is 335 g/mol. The molecule has 1 N–H and O–H groups in total. The third kappa shape index (κ3) is 3.82. The van der Waals surface area contributed by atoms with Crippen molar-refractivity contribution >= 4 is 34.8 Å². The van der Waals surface area contributed by atoms with Crippen molar-refractivity contribution in [2.24, 2.45) is 5.92 Å². The number of halogens is 2. The van der Waals surface area contributed by atoms with Crippen LogP contribution in [0.1, 0.15) is 30.9 Å². The molecule has 2 aromatic carbocycles. The van der Waals surface area contributed by atoms with E-state index in [1.807, 2.05) is 63.2 Å². The Hall–Kier alpha value is -1.51. The predicted molar refractivity (Wildman–Crippen MR) is 93.8 cm³/mol.